The number of ether oxygens (including phenoxy) is 3. The number of nitrogen functional groups attached to an aromatic ring is 1. The fourth-order valence-electron chi connectivity index (χ4n) is 5.65. The van der Waals surface area contributed by atoms with Crippen LogP contribution in [0.25, 0.3) is 11.2 Å². The second-order valence-electron chi connectivity index (χ2n) is 10.8. The van der Waals surface area contributed by atoms with E-state index in [0.717, 1.165) is 30.4 Å². The zero-order chi connectivity index (χ0) is 30.9. The molecule has 1 amide bonds. The molecule has 0 radical (unpaired) electrons. The third-order valence-electron chi connectivity index (χ3n) is 7.86. The van der Waals surface area contributed by atoms with Crippen molar-refractivity contribution in [2.75, 3.05) is 39.7 Å². The molecule has 2 unspecified atom stereocenters. The number of anilines is 1. The van der Waals surface area contributed by atoms with E-state index in [-0.39, 0.29) is 47.9 Å². The third kappa shape index (κ3) is 7.52. The van der Waals surface area contributed by atoms with E-state index in [1.807, 2.05) is 31.2 Å². The van der Waals surface area contributed by atoms with Gasteiger partial charge < -0.3 is 30.2 Å². The molecular weight excluding hydrogens is 554 g/mol. The van der Waals surface area contributed by atoms with E-state index in [1.165, 1.54) is 7.11 Å². The summed E-state index contributed by atoms with van der Waals surface area (Å²) in [6, 6.07) is 6.65. The second-order valence-corrected chi connectivity index (χ2v) is 10.8. The highest BCUT2D eigenvalue weighted by Gasteiger charge is 2.42. The summed E-state index contributed by atoms with van der Waals surface area (Å²) in [5, 5.41) is 3.08. The van der Waals surface area contributed by atoms with Gasteiger partial charge in [-0.15, -0.1) is 0 Å². The lowest BCUT2D eigenvalue weighted by Crippen LogP contribution is -2.51. The van der Waals surface area contributed by atoms with Crippen LogP contribution >= 0.6 is 0 Å². The molecule has 1 aromatic carbocycles. The minimum absolute atomic E-state index is 0.0910. The molecule has 234 valence electrons. The summed E-state index contributed by atoms with van der Waals surface area (Å²) < 4.78 is 17.7. The molecule has 4 N–H and O–H groups in total. The highest BCUT2D eigenvalue weighted by Crippen LogP contribution is 2.34. The molecule has 1 fully saturated rings. The van der Waals surface area contributed by atoms with Gasteiger partial charge in [0.05, 0.1) is 44.9 Å². The third-order valence-corrected chi connectivity index (χ3v) is 7.86. The number of H-pyrrole nitrogens is 1. The highest BCUT2D eigenvalue weighted by molar-refractivity contribution is 5.83. The first-order valence-corrected chi connectivity index (χ1v) is 14.9. The standard InChI is InChI=1S/C30H43N7O6/c1-5-7-15-43-29-34-26(31)25-27(35-29)37(30(40)33-25)21-13-14-36(23(21)18-41-3)22(8-6-2)28(39)32-17-20-11-9-19(10-12-20)16-24(38)42-4/h9-12,21-23H,5-8,13-18H2,1-4H3,(H,32,39)(H,33,40)(H2,31,34,35)/t21?,22?,23-/m1/s1. The maximum Gasteiger partial charge on any atom is 0.328 e. The van der Waals surface area contributed by atoms with Gasteiger partial charge in [0.25, 0.3) is 0 Å². The van der Waals surface area contributed by atoms with Crippen LogP contribution in [0.5, 0.6) is 6.01 Å². The SMILES string of the molecule is CCCCOc1nc(N)c2[nH]c(=O)n(C3CCN(C(CCC)C(=O)NCc4ccc(CC(=O)OC)cc4)[C@@H]3COC)c2n1. The number of benzene rings is 1. The molecule has 0 bridgehead atoms. The molecular formula is C30H43N7O6. The number of likely N-dealkylation sites (tertiary alicyclic amines) is 1. The Morgan fingerprint density at radius 1 is 1.14 bits per heavy atom. The van der Waals surface area contributed by atoms with E-state index in [1.54, 1.807) is 11.7 Å². The number of hydrogen-bond donors (Lipinski definition) is 3. The minimum Gasteiger partial charge on any atom is -0.469 e. The van der Waals surface area contributed by atoms with E-state index in [4.69, 9.17) is 19.9 Å². The monoisotopic (exact) mass is 597 g/mol. The number of nitrogens with one attached hydrogen (secondary N) is 2. The Balaban J connectivity index is 1.54. The first-order chi connectivity index (χ1) is 20.8. The van der Waals surface area contributed by atoms with E-state index in [2.05, 4.69) is 32.1 Å². The molecule has 3 atom stereocenters. The topological polar surface area (TPSA) is 167 Å². The van der Waals surface area contributed by atoms with Gasteiger partial charge in [-0.05, 0) is 30.4 Å². The van der Waals surface area contributed by atoms with Crippen LogP contribution in [0.3, 0.4) is 0 Å². The second kappa shape index (κ2) is 15.0. The number of amides is 1. The molecule has 0 saturated carbocycles. The summed E-state index contributed by atoms with van der Waals surface area (Å²) in [5.74, 6) is -0.247. The normalized spacial score (nSPS) is 17.7. The van der Waals surface area contributed by atoms with Gasteiger partial charge in [0.2, 0.25) is 5.91 Å². The predicted molar refractivity (Wildman–Crippen MR) is 162 cm³/mol. The Morgan fingerprint density at radius 3 is 2.56 bits per heavy atom. The quantitative estimate of drug-likeness (QED) is 0.175. The maximum atomic E-state index is 13.6. The Kier molecular flexibility index (Phi) is 11.1. The number of carbonyl (C=O) groups is 2. The number of fused-ring (bicyclic) bond motifs is 1. The van der Waals surface area contributed by atoms with Gasteiger partial charge in [-0.25, -0.2) is 4.79 Å². The average molecular weight is 598 g/mol. The largest absolute Gasteiger partial charge is 0.469 e. The minimum atomic E-state index is -0.415. The van der Waals surface area contributed by atoms with Gasteiger partial charge in [0.15, 0.2) is 11.5 Å². The van der Waals surface area contributed by atoms with E-state index >= 15 is 0 Å². The van der Waals surface area contributed by atoms with Crippen molar-refractivity contribution in [3.05, 3.63) is 45.9 Å². The van der Waals surface area contributed by atoms with Crippen molar-refractivity contribution in [2.24, 2.45) is 0 Å². The fraction of sp³-hybridized carbons (Fsp3) is 0.567. The van der Waals surface area contributed by atoms with Crippen LogP contribution in [-0.2, 0) is 32.0 Å². The van der Waals surface area contributed by atoms with Crippen molar-refractivity contribution in [1.82, 2.24) is 29.7 Å². The lowest BCUT2D eigenvalue weighted by Gasteiger charge is -2.34. The number of nitrogens with zero attached hydrogens (tertiary/aromatic N) is 4. The molecule has 0 aliphatic carbocycles. The Hall–Kier alpha value is -3.97. The number of imidazole rings is 1. The van der Waals surface area contributed by atoms with Gasteiger partial charge in [-0.2, -0.15) is 9.97 Å². The first kappa shape index (κ1) is 32.0. The van der Waals surface area contributed by atoms with Gasteiger partial charge in [0.1, 0.15) is 5.52 Å². The summed E-state index contributed by atoms with van der Waals surface area (Å²) in [7, 11) is 2.98. The van der Waals surface area contributed by atoms with Crippen molar-refractivity contribution >= 4 is 28.9 Å². The molecule has 3 heterocycles. The molecule has 13 nitrogen and oxygen atoms in total. The van der Waals surface area contributed by atoms with Gasteiger partial charge >= 0.3 is 17.7 Å². The summed E-state index contributed by atoms with van der Waals surface area (Å²) in [6.45, 7) is 5.82. The van der Waals surface area contributed by atoms with Crippen molar-refractivity contribution in [1.29, 1.82) is 0 Å². The molecule has 3 aromatic rings. The van der Waals surface area contributed by atoms with Gasteiger partial charge in [-0.3, -0.25) is 19.1 Å². The number of aromatic nitrogens is 4. The first-order valence-electron chi connectivity index (χ1n) is 14.9. The number of carbonyl (C=O) groups excluding carboxylic acids is 2. The Morgan fingerprint density at radius 2 is 1.88 bits per heavy atom. The highest BCUT2D eigenvalue weighted by atomic mass is 16.5. The molecule has 0 spiro atoms. The average Bonchev–Trinajstić information content (AvgIpc) is 3.55. The summed E-state index contributed by atoms with van der Waals surface area (Å²) in [4.78, 5) is 52.1. The van der Waals surface area contributed by atoms with Crippen molar-refractivity contribution in [2.45, 2.75) is 77.0 Å². The smallest absolute Gasteiger partial charge is 0.328 e. The number of nitrogens with two attached hydrogens (primary N) is 1. The molecule has 1 aliphatic heterocycles. The summed E-state index contributed by atoms with van der Waals surface area (Å²) in [5.41, 5.74) is 8.35. The summed E-state index contributed by atoms with van der Waals surface area (Å²) >= 11 is 0. The van der Waals surface area contributed by atoms with Crippen molar-refractivity contribution < 1.29 is 23.8 Å². The lowest BCUT2D eigenvalue weighted by atomic mass is 10.1. The zero-order valence-electron chi connectivity index (χ0n) is 25.4. The van der Waals surface area contributed by atoms with Crippen LogP contribution in [-0.4, -0.2) is 82.4 Å². The van der Waals surface area contributed by atoms with Crippen LogP contribution in [0.2, 0.25) is 0 Å². The number of methoxy groups -OCH3 is 2. The Labute approximate surface area is 251 Å². The van der Waals surface area contributed by atoms with Gasteiger partial charge in [-0.1, -0.05) is 51.0 Å². The van der Waals surface area contributed by atoms with Crippen LogP contribution in [0.1, 0.15) is 63.1 Å². The molecule has 2 aromatic heterocycles. The Bertz CT molecular complexity index is 1440. The molecule has 1 aliphatic rings. The van der Waals surface area contributed by atoms with Crippen LogP contribution in [0, 0.1) is 0 Å². The number of esters is 1. The molecule has 1 saturated heterocycles. The predicted octanol–water partition coefficient (Wildman–Crippen LogP) is 2.34. The number of unbranched alkanes of at least 4 members (excludes halogenated alkanes) is 1. The van der Waals surface area contributed by atoms with Crippen LogP contribution in [0.15, 0.2) is 29.1 Å². The van der Waals surface area contributed by atoms with Crippen LogP contribution in [0.4, 0.5) is 5.82 Å². The van der Waals surface area contributed by atoms with Crippen molar-refractivity contribution in [3.8, 4) is 6.01 Å². The van der Waals surface area contributed by atoms with Crippen LogP contribution < -0.4 is 21.5 Å². The van der Waals surface area contributed by atoms with E-state index in [0.29, 0.717) is 50.3 Å². The molecule has 13 heteroatoms. The van der Waals surface area contributed by atoms with E-state index < -0.39 is 6.04 Å². The zero-order valence-corrected chi connectivity index (χ0v) is 25.4. The lowest BCUT2D eigenvalue weighted by molar-refractivity contribution is -0.139. The van der Waals surface area contributed by atoms with Crippen molar-refractivity contribution in [3.63, 3.8) is 0 Å². The maximum absolute atomic E-state index is 13.6. The molecule has 43 heavy (non-hydrogen) atoms. The number of aromatic amines is 1. The number of hydrogen-bond acceptors (Lipinski definition) is 10. The van der Waals surface area contributed by atoms with E-state index in [9.17, 15) is 14.4 Å². The fourth-order valence-corrected chi connectivity index (χ4v) is 5.65. The number of rotatable bonds is 15. The molecule has 4 rings (SSSR count). The summed E-state index contributed by atoms with van der Waals surface area (Å²) in [6.07, 6.45) is 4.06. The van der Waals surface area contributed by atoms with Gasteiger partial charge in [0, 0.05) is 20.2 Å².